The van der Waals surface area contributed by atoms with Gasteiger partial charge in [0.15, 0.2) is 5.11 Å². The van der Waals surface area contributed by atoms with Crippen molar-refractivity contribution in [2.45, 2.75) is 6.42 Å². The van der Waals surface area contributed by atoms with E-state index in [4.69, 9.17) is 18.0 Å². The van der Waals surface area contributed by atoms with Gasteiger partial charge in [-0.3, -0.25) is 5.43 Å². The third-order valence-electron chi connectivity index (χ3n) is 3.84. The zero-order chi connectivity index (χ0) is 17.5. The van der Waals surface area contributed by atoms with E-state index in [0.717, 1.165) is 11.3 Å². The molecule has 3 rings (SSSR count). The first-order valence-corrected chi connectivity index (χ1v) is 8.45. The van der Waals surface area contributed by atoms with Gasteiger partial charge in [0, 0.05) is 6.42 Å². The van der Waals surface area contributed by atoms with Crippen LogP contribution in [0.1, 0.15) is 11.1 Å². The molecule has 124 valence electrons. The number of hydrazone groups is 1. The van der Waals surface area contributed by atoms with E-state index in [1.165, 1.54) is 16.7 Å². The lowest BCUT2D eigenvalue weighted by Crippen LogP contribution is -2.26. The molecular weight excluding hydrogens is 326 g/mol. The minimum absolute atomic E-state index is 0.159. The fraction of sp³-hybridized carbons (Fsp3) is 0.0476. The minimum atomic E-state index is 0.159. The molecule has 3 N–H and O–H groups in total. The molecule has 0 spiro atoms. The van der Waals surface area contributed by atoms with Gasteiger partial charge in [0.05, 0.1) is 5.71 Å². The Morgan fingerprint density at radius 2 is 1.36 bits per heavy atom. The average molecular weight is 345 g/mol. The van der Waals surface area contributed by atoms with Gasteiger partial charge in [0.25, 0.3) is 0 Å². The molecule has 0 aliphatic heterocycles. The first-order chi connectivity index (χ1) is 12.2. The molecule has 0 aliphatic carbocycles. The van der Waals surface area contributed by atoms with Crippen LogP contribution in [0, 0.1) is 0 Å². The lowest BCUT2D eigenvalue weighted by molar-refractivity contribution is 1.02. The topological polar surface area (TPSA) is 50.4 Å². The maximum absolute atomic E-state index is 5.53. The molecule has 0 unspecified atom stereocenters. The van der Waals surface area contributed by atoms with Crippen LogP contribution >= 0.6 is 12.2 Å². The third kappa shape index (κ3) is 4.75. The van der Waals surface area contributed by atoms with Gasteiger partial charge >= 0.3 is 0 Å². The normalized spacial score (nSPS) is 11.1. The maximum Gasteiger partial charge on any atom is 0.184 e. The van der Waals surface area contributed by atoms with Crippen molar-refractivity contribution in [1.82, 2.24) is 5.43 Å². The number of nitrogens with zero attached hydrogens (tertiary/aromatic N) is 1. The minimum Gasteiger partial charge on any atom is -0.375 e. The Bertz CT molecular complexity index is 857. The van der Waals surface area contributed by atoms with E-state index >= 15 is 0 Å². The van der Waals surface area contributed by atoms with Crippen LogP contribution in [0.25, 0.3) is 11.1 Å². The van der Waals surface area contributed by atoms with Crippen molar-refractivity contribution >= 4 is 23.0 Å². The van der Waals surface area contributed by atoms with Crippen LogP contribution < -0.4 is 11.2 Å². The largest absolute Gasteiger partial charge is 0.375 e. The van der Waals surface area contributed by atoms with Gasteiger partial charge in [-0.15, -0.1) is 0 Å². The summed E-state index contributed by atoms with van der Waals surface area (Å²) in [6.07, 6.45) is 0.696. The van der Waals surface area contributed by atoms with Crippen LogP contribution in [-0.2, 0) is 6.42 Å². The molecule has 0 fully saturated rings. The zero-order valence-electron chi connectivity index (χ0n) is 13.7. The van der Waals surface area contributed by atoms with E-state index < -0.39 is 0 Å². The van der Waals surface area contributed by atoms with Crippen LogP contribution in [0.4, 0.5) is 0 Å². The number of hydrogen-bond donors (Lipinski definition) is 2. The number of hydrogen-bond acceptors (Lipinski definition) is 2. The fourth-order valence-corrected chi connectivity index (χ4v) is 2.65. The standard InChI is InChI=1S/C21H19N3S/c22-21(25)24-23-20(15-16-7-3-1-4-8-16)19-13-11-18(12-14-19)17-9-5-2-6-10-17/h1-14H,15H2,(H3,22,24,25)/b23-20-. The molecule has 0 aromatic heterocycles. The van der Waals surface area contributed by atoms with Crippen molar-refractivity contribution in [2.24, 2.45) is 10.8 Å². The van der Waals surface area contributed by atoms with Crippen molar-refractivity contribution in [3.63, 3.8) is 0 Å². The highest BCUT2D eigenvalue weighted by Crippen LogP contribution is 2.20. The summed E-state index contributed by atoms with van der Waals surface area (Å²) in [6, 6.07) is 28.9. The van der Waals surface area contributed by atoms with Crippen molar-refractivity contribution in [3.8, 4) is 11.1 Å². The van der Waals surface area contributed by atoms with Crippen molar-refractivity contribution in [3.05, 3.63) is 96.1 Å². The first kappa shape index (κ1) is 16.9. The van der Waals surface area contributed by atoms with Crippen LogP contribution in [0.2, 0.25) is 0 Å². The molecular formula is C21H19N3S. The monoisotopic (exact) mass is 345 g/mol. The van der Waals surface area contributed by atoms with Crippen LogP contribution in [-0.4, -0.2) is 10.8 Å². The SMILES string of the molecule is NC(=S)N/N=C(/Cc1ccccc1)c1ccc(-c2ccccc2)cc1. The lowest BCUT2D eigenvalue weighted by atomic mass is 9.99. The van der Waals surface area contributed by atoms with Crippen LogP contribution in [0.3, 0.4) is 0 Å². The summed E-state index contributed by atoms with van der Waals surface area (Å²) in [4.78, 5) is 0. The predicted octanol–water partition coefficient (Wildman–Crippen LogP) is 4.13. The Hall–Kier alpha value is -2.98. The molecule has 3 aromatic rings. The van der Waals surface area contributed by atoms with E-state index in [0.29, 0.717) is 6.42 Å². The Labute approximate surface area is 153 Å². The van der Waals surface area contributed by atoms with Gasteiger partial charge in [-0.25, -0.2) is 0 Å². The molecule has 0 saturated heterocycles. The summed E-state index contributed by atoms with van der Waals surface area (Å²) in [5, 5.41) is 4.55. The summed E-state index contributed by atoms with van der Waals surface area (Å²) >= 11 is 4.87. The van der Waals surface area contributed by atoms with Gasteiger partial charge in [-0.05, 0) is 34.5 Å². The molecule has 3 aromatic carbocycles. The van der Waals surface area contributed by atoms with E-state index in [1.807, 2.05) is 36.4 Å². The Morgan fingerprint density at radius 3 is 1.96 bits per heavy atom. The highest BCUT2D eigenvalue weighted by atomic mass is 32.1. The molecule has 0 aliphatic rings. The summed E-state index contributed by atoms with van der Waals surface area (Å²) in [5.74, 6) is 0. The lowest BCUT2D eigenvalue weighted by Gasteiger charge is -2.09. The summed E-state index contributed by atoms with van der Waals surface area (Å²) in [5.41, 5.74) is 13.7. The quantitative estimate of drug-likeness (QED) is 0.415. The van der Waals surface area contributed by atoms with E-state index in [2.05, 4.69) is 59.1 Å². The van der Waals surface area contributed by atoms with Crippen molar-refractivity contribution < 1.29 is 0 Å². The van der Waals surface area contributed by atoms with Gasteiger partial charge in [-0.1, -0.05) is 84.9 Å². The van der Waals surface area contributed by atoms with Crippen LogP contribution in [0.15, 0.2) is 90.0 Å². The maximum atomic E-state index is 5.53. The highest BCUT2D eigenvalue weighted by Gasteiger charge is 2.07. The van der Waals surface area contributed by atoms with E-state index in [-0.39, 0.29) is 5.11 Å². The van der Waals surface area contributed by atoms with Gasteiger partial charge in [-0.2, -0.15) is 5.10 Å². The molecule has 0 atom stereocenters. The molecule has 3 nitrogen and oxygen atoms in total. The number of thiocarbonyl (C=S) groups is 1. The Kier molecular flexibility index (Phi) is 5.54. The molecule has 4 heteroatoms. The second-order valence-corrected chi connectivity index (χ2v) is 6.08. The molecule has 0 heterocycles. The first-order valence-electron chi connectivity index (χ1n) is 8.04. The van der Waals surface area contributed by atoms with E-state index in [9.17, 15) is 0 Å². The van der Waals surface area contributed by atoms with Gasteiger partial charge in [0.2, 0.25) is 0 Å². The highest BCUT2D eigenvalue weighted by molar-refractivity contribution is 7.80. The zero-order valence-corrected chi connectivity index (χ0v) is 14.5. The third-order valence-corrected chi connectivity index (χ3v) is 3.93. The average Bonchev–Trinajstić information content (AvgIpc) is 2.67. The van der Waals surface area contributed by atoms with Gasteiger partial charge in [0.1, 0.15) is 0 Å². The number of rotatable bonds is 5. The van der Waals surface area contributed by atoms with Gasteiger partial charge < -0.3 is 5.73 Å². The predicted molar refractivity (Wildman–Crippen MR) is 108 cm³/mol. The molecule has 0 amide bonds. The molecule has 25 heavy (non-hydrogen) atoms. The molecule has 0 radical (unpaired) electrons. The van der Waals surface area contributed by atoms with E-state index in [1.54, 1.807) is 0 Å². The Balaban J connectivity index is 1.87. The van der Waals surface area contributed by atoms with Crippen molar-refractivity contribution in [2.75, 3.05) is 0 Å². The number of benzene rings is 3. The second kappa shape index (κ2) is 8.22. The fourth-order valence-electron chi connectivity index (χ4n) is 2.60. The molecule has 0 bridgehead atoms. The second-order valence-electron chi connectivity index (χ2n) is 5.64. The van der Waals surface area contributed by atoms with Crippen molar-refractivity contribution in [1.29, 1.82) is 0 Å². The smallest absolute Gasteiger partial charge is 0.184 e. The summed E-state index contributed by atoms with van der Waals surface area (Å²) in [7, 11) is 0. The summed E-state index contributed by atoms with van der Waals surface area (Å²) < 4.78 is 0. The number of nitrogens with one attached hydrogen (secondary N) is 1. The summed E-state index contributed by atoms with van der Waals surface area (Å²) in [6.45, 7) is 0. The Morgan fingerprint density at radius 1 is 0.800 bits per heavy atom. The number of nitrogens with two attached hydrogens (primary N) is 1. The molecule has 0 saturated carbocycles. The van der Waals surface area contributed by atoms with Crippen LogP contribution in [0.5, 0.6) is 0 Å².